The highest BCUT2D eigenvalue weighted by Crippen LogP contribution is 2.39. The molecule has 0 aromatic heterocycles. The lowest BCUT2D eigenvalue weighted by molar-refractivity contribution is 0.155. The number of ether oxygens (including phenoxy) is 1. The molecule has 3 N–H and O–H groups in total. The molecule has 1 saturated heterocycles. The minimum Gasteiger partial charge on any atom is -0.366 e. The zero-order valence-electron chi connectivity index (χ0n) is 5.92. The Morgan fingerprint density at radius 1 is 1.40 bits per heavy atom. The van der Waals surface area contributed by atoms with Gasteiger partial charge >= 0.3 is 0 Å². The van der Waals surface area contributed by atoms with Crippen molar-refractivity contribution in [1.82, 2.24) is 0 Å². The Morgan fingerprint density at radius 3 is 2.30 bits per heavy atom. The number of hydrogen-bond donors (Lipinski definition) is 2. The molecule has 2 fully saturated rings. The highest BCUT2D eigenvalue weighted by molar-refractivity contribution is 5.03. The lowest BCUT2D eigenvalue weighted by Crippen LogP contribution is -2.43. The minimum absolute atomic E-state index is 0.0602. The summed E-state index contributed by atoms with van der Waals surface area (Å²) in [5, 5.41) is 8.95. The molecule has 2 unspecified atom stereocenters. The second kappa shape index (κ2) is 1.94. The van der Waals surface area contributed by atoms with Crippen LogP contribution in [0.25, 0.3) is 0 Å². The molecule has 2 rings (SSSR count). The number of rotatable bonds is 1. The smallest absolute Gasteiger partial charge is 0.183 e. The fourth-order valence-electron chi connectivity index (χ4n) is 1.84. The van der Waals surface area contributed by atoms with Gasteiger partial charge in [-0.3, -0.25) is 0 Å². The van der Waals surface area contributed by atoms with Crippen LogP contribution in [0.4, 0.5) is 0 Å². The Labute approximate surface area is 60.2 Å². The summed E-state index contributed by atoms with van der Waals surface area (Å²) in [6.45, 7) is 0. The van der Waals surface area contributed by atoms with E-state index < -0.39 is 6.29 Å². The van der Waals surface area contributed by atoms with E-state index in [4.69, 9.17) is 15.6 Å². The Morgan fingerprint density at radius 2 is 1.90 bits per heavy atom. The Balaban J connectivity index is 2.01. The van der Waals surface area contributed by atoms with Gasteiger partial charge in [-0.2, -0.15) is 0 Å². The van der Waals surface area contributed by atoms with Gasteiger partial charge in [-0.1, -0.05) is 12.8 Å². The maximum Gasteiger partial charge on any atom is 0.183 e. The summed E-state index contributed by atoms with van der Waals surface area (Å²) in [7, 11) is 0. The van der Waals surface area contributed by atoms with Gasteiger partial charge in [0.25, 0.3) is 0 Å². The van der Waals surface area contributed by atoms with Crippen LogP contribution in [0.15, 0.2) is 0 Å². The van der Waals surface area contributed by atoms with Crippen molar-refractivity contribution in [3.05, 3.63) is 0 Å². The van der Waals surface area contributed by atoms with Crippen LogP contribution in [0.2, 0.25) is 0 Å². The van der Waals surface area contributed by atoms with E-state index in [1.807, 2.05) is 0 Å². The zero-order valence-corrected chi connectivity index (χ0v) is 5.92. The molecule has 3 heteroatoms. The topological polar surface area (TPSA) is 58.8 Å². The summed E-state index contributed by atoms with van der Waals surface area (Å²) in [4.78, 5) is 0. The van der Waals surface area contributed by atoms with Crippen LogP contribution in [0.5, 0.6) is 0 Å². The molecule has 0 aromatic carbocycles. The van der Waals surface area contributed by atoms with Crippen LogP contribution in [-0.2, 0) is 4.74 Å². The van der Waals surface area contributed by atoms with Crippen LogP contribution in [0.3, 0.4) is 0 Å². The van der Waals surface area contributed by atoms with E-state index in [1.165, 1.54) is 12.8 Å². The normalized spacial score (nSPS) is 43.8. The van der Waals surface area contributed by atoms with Gasteiger partial charge in [-0.15, -0.1) is 0 Å². The predicted octanol–water partition coefficient (Wildman–Crippen LogP) is -0.0249. The Bertz CT molecular complexity index is 143. The predicted molar refractivity (Wildman–Crippen MR) is 36.3 cm³/mol. The fourth-order valence-corrected chi connectivity index (χ4v) is 1.84. The first kappa shape index (κ1) is 6.58. The summed E-state index contributed by atoms with van der Waals surface area (Å²) in [6, 6.07) is 0. The molecule has 10 heavy (non-hydrogen) atoms. The second-order valence-electron chi connectivity index (χ2n) is 3.39. The standard InChI is InChI=1S/C7H13NO2/c8-7(3-1-2-4-7)5-6(9)10-5/h5-6,9H,1-4,8H2. The quantitative estimate of drug-likeness (QED) is 0.507. The molecule has 1 saturated carbocycles. The van der Waals surface area contributed by atoms with Crippen molar-refractivity contribution < 1.29 is 9.84 Å². The van der Waals surface area contributed by atoms with E-state index in [2.05, 4.69) is 0 Å². The molecule has 3 nitrogen and oxygen atoms in total. The van der Waals surface area contributed by atoms with E-state index in [-0.39, 0.29) is 11.6 Å². The fraction of sp³-hybridized carbons (Fsp3) is 1.00. The maximum atomic E-state index is 8.95. The van der Waals surface area contributed by atoms with Gasteiger partial charge in [-0.05, 0) is 12.8 Å². The van der Waals surface area contributed by atoms with Crippen LogP contribution >= 0.6 is 0 Å². The third kappa shape index (κ3) is 0.856. The molecule has 1 aliphatic carbocycles. The monoisotopic (exact) mass is 143 g/mol. The van der Waals surface area contributed by atoms with E-state index in [0.717, 1.165) is 12.8 Å². The SMILES string of the molecule is NC1(C2OC2O)CCCC1. The molecular weight excluding hydrogens is 130 g/mol. The third-order valence-electron chi connectivity index (χ3n) is 2.57. The number of aliphatic hydroxyl groups is 1. The number of aliphatic hydroxyl groups excluding tert-OH is 1. The van der Waals surface area contributed by atoms with Gasteiger partial charge in [0.05, 0.1) is 0 Å². The Kier molecular flexibility index (Phi) is 1.27. The zero-order chi connectivity index (χ0) is 7.19. The summed E-state index contributed by atoms with van der Waals surface area (Å²) in [5.41, 5.74) is 5.77. The second-order valence-corrected chi connectivity index (χ2v) is 3.39. The van der Waals surface area contributed by atoms with Crippen LogP contribution < -0.4 is 5.73 Å². The average Bonchev–Trinajstić information content (AvgIpc) is 2.44. The van der Waals surface area contributed by atoms with Crippen LogP contribution in [-0.4, -0.2) is 23.0 Å². The van der Waals surface area contributed by atoms with Gasteiger partial charge in [0.1, 0.15) is 6.10 Å². The molecule has 2 atom stereocenters. The number of epoxide rings is 1. The molecular formula is C7H13NO2. The first-order valence-corrected chi connectivity index (χ1v) is 3.85. The summed E-state index contributed by atoms with van der Waals surface area (Å²) in [5.74, 6) is 0. The van der Waals surface area contributed by atoms with Crippen LogP contribution in [0.1, 0.15) is 25.7 Å². The van der Waals surface area contributed by atoms with E-state index in [9.17, 15) is 0 Å². The molecule has 0 amide bonds. The first-order chi connectivity index (χ1) is 4.72. The lowest BCUT2D eigenvalue weighted by Gasteiger charge is -2.19. The van der Waals surface area contributed by atoms with Gasteiger partial charge in [0, 0.05) is 5.54 Å². The number of nitrogens with two attached hydrogens (primary N) is 1. The van der Waals surface area contributed by atoms with Crippen molar-refractivity contribution >= 4 is 0 Å². The van der Waals surface area contributed by atoms with Gasteiger partial charge in [0.2, 0.25) is 0 Å². The molecule has 0 spiro atoms. The van der Waals surface area contributed by atoms with E-state index in [1.54, 1.807) is 0 Å². The van der Waals surface area contributed by atoms with Gasteiger partial charge in [0.15, 0.2) is 6.29 Å². The maximum absolute atomic E-state index is 8.95. The summed E-state index contributed by atoms with van der Waals surface area (Å²) in [6.07, 6.45) is 3.76. The molecule has 0 aromatic rings. The van der Waals surface area contributed by atoms with Crippen molar-refractivity contribution in [2.75, 3.05) is 0 Å². The molecule has 1 aliphatic heterocycles. The van der Waals surface area contributed by atoms with Crippen molar-refractivity contribution in [1.29, 1.82) is 0 Å². The average molecular weight is 143 g/mol. The highest BCUT2D eigenvalue weighted by atomic mass is 16.7. The molecule has 2 aliphatic rings. The number of hydrogen-bond acceptors (Lipinski definition) is 3. The van der Waals surface area contributed by atoms with E-state index in [0.29, 0.717) is 0 Å². The van der Waals surface area contributed by atoms with Crippen molar-refractivity contribution in [2.45, 2.75) is 43.6 Å². The van der Waals surface area contributed by atoms with Gasteiger partial charge < -0.3 is 15.6 Å². The molecule has 0 bridgehead atoms. The Hall–Kier alpha value is -0.120. The van der Waals surface area contributed by atoms with E-state index >= 15 is 0 Å². The van der Waals surface area contributed by atoms with Crippen molar-refractivity contribution in [2.24, 2.45) is 5.73 Å². The molecule has 0 radical (unpaired) electrons. The molecule has 58 valence electrons. The third-order valence-corrected chi connectivity index (χ3v) is 2.57. The van der Waals surface area contributed by atoms with Crippen molar-refractivity contribution in [3.63, 3.8) is 0 Å². The minimum atomic E-state index is -0.567. The van der Waals surface area contributed by atoms with Crippen molar-refractivity contribution in [3.8, 4) is 0 Å². The highest BCUT2D eigenvalue weighted by Gasteiger charge is 2.52. The van der Waals surface area contributed by atoms with Gasteiger partial charge in [-0.25, -0.2) is 0 Å². The molecule has 1 heterocycles. The largest absolute Gasteiger partial charge is 0.366 e. The summed E-state index contributed by atoms with van der Waals surface area (Å²) < 4.78 is 4.93. The summed E-state index contributed by atoms with van der Waals surface area (Å²) >= 11 is 0. The first-order valence-electron chi connectivity index (χ1n) is 3.85. The van der Waals surface area contributed by atoms with Crippen LogP contribution in [0, 0.1) is 0 Å². The lowest BCUT2D eigenvalue weighted by atomic mass is 9.95.